The van der Waals surface area contributed by atoms with Gasteiger partial charge in [0.25, 0.3) is 0 Å². The van der Waals surface area contributed by atoms with Crippen LogP contribution < -0.4 is 0 Å². The monoisotopic (exact) mass is 184 g/mol. The smallest absolute Gasteiger partial charge is 0.107 e. The minimum atomic E-state index is 0.553. The van der Waals surface area contributed by atoms with Crippen LogP contribution in [0.25, 0.3) is 0 Å². The van der Waals surface area contributed by atoms with Gasteiger partial charge in [0.05, 0.1) is 5.69 Å². The van der Waals surface area contributed by atoms with E-state index in [0.717, 1.165) is 6.54 Å². The van der Waals surface area contributed by atoms with Crippen LogP contribution in [0.15, 0.2) is 5.38 Å². The summed E-state index contributed by atoms with van der Waals surface area (Å²) >= 11 is 1.75. The summed E-state index contributed by atoms with van der Waals surface area (Å²) in [5.41, 5.74) is 1.22. The molecule has 0 saturated carbocycles. The third-order valence-corrected chi connectivity index (χ3v) is 2.46. The zero-order valence-electron chi connectivity index (χ0n) is 8.16. The lowest BCUT2D eigenvalue weighted by molar-refractivity contribution is 0.401. The first kappa shape index (κ1) is 9.68. The van der Waals surface area contributed by atoms with E-state index >= 15 is 0 Å². The van der Waals surface area contributed by atoms with Gasteiger partial charge in [-0.1, -0.05) is 13.8 Å². The van der Waals surface area contributed by atoms with Gasteiger partial charge in [0.1, 0.15) is 5.01 Å². The topological polar surface area (TPSA) is 16.1 Å². The lowest BCUT2D eigenvalue weighted by Gasteiger charge is -2.05. The number of aromatic nitrogens is 1. The van der Waals surface area contributed by atoms with E-state index in [0.29, 0.717) is 5.92 Å². The second kappa shape index (κ2) is 4.01. The number of hydrogen-bond donors (Lipinski definition) is 0. The molecular weight excluding hydrogens is 168 g/mol. The van der Waals surface area contributed by atoms with Crippen molar-refractivity contribution in [2.75, 3.05) is 14.1 Å². The number of rotatable bonds is 3. The minimum absolute atomic E-state index is 0.553. The Morgan fingerprint density at radius 2 is 2.17 bits per heavy atom. The molecule has 0 atom stereocenters. The summed E-state index contributed by atoms with van der Waals surface area (Å²) in [6.07, 6.45) is 0. The van der Waals surface area contributed by atoms with Gasteiger partial charge >= 0.3 is 0 Å². The van der Waals surface area contributed by atoms with Crippen LogP contribution in [-0.4, -0.2) is 24.0 Å². The van der Waals surface area contributed by atoms with Crippen molar-refractivity contribution < 1.29 is 0 Å². The fraction of sp³-hybridized carbons (Fsp3) is 0.667. The highest BCUT2D eigenvalue weighted by Gasteiger charge is 2.05. The van der Waals surface area contributed by atoms with E-state index in [1.54, 1.807) is 11.3 Å². The van der Waals surface area contributed by atoms with Crippen LogP contribution in [0.5, 0.6) is 0 Å². The molecule has 0 bridgehead atoms. The van der Waals surface area contributed by atoms with Crippen molar-refractivity contribution in [1.29, 1.82) is 0 Å². The van der Waals surface area contributed by atoms with E-state index in [-0.39, 0.29) is 0 Å². The zero-order chi connectivity index (χ0) is 9.14. The van der Waals surface area contributed by atoms with Gasteiger partial charge in [-0.05, 0) is 20.0 Å². The molecule has 0 amide bonds. The Balaban J connectivity index is 2.64. The van der Waals surface area contributed by atoms with Crippen molar-refractivity contribution >= 4 is 11.3 Å². The van der Waals surface area contributed by atoms with Crippen LogP contribution in [0.2, 0.25) is 0 Å². The molecule has 0 aliphatic carbocycles. The summed E-state index contributed by atoms with van der Waals surface area (Å²) in [4.78, 5) is 6.67. The van der Waals surface area contributed by atoms with Gasteiger partial charge in [-0.15, -0.1) is 11.3 Å². The fourth-order valence-electron chi connectivity index (χ4n) is 0.933. The second-order valence-electron chi connectivity index (χ2n) is 3.56. The Kier molecular flexibility index (Phi) is 3.23. The molecule has 1 aromatic rings. The molecule has 0 N–H and O–H groups in total. The third-order valence-electron chi connectivity index (χ3n) is 1.61. The maximum atomic E-state index is 4.53. The maximum absolute atomic E-state index is 4.53. The molecule has 0 aliphatic heterocycles. The number of hydrogen-bond acceptors (Lipinski definition) is 3. The van der Waals surface area contributed by atoms with E-state index < -0.39 is 0 Å². The quantitative estimate of drug-likeness (QED) is 0.716. The second-order valence-corrected chi connectivity index (χ2v) is 4.50. The van der Waals surface area contributed by atoms with Gasteiger partial charge < -0.3 is 4.90 Å². The van der Waals surface area contributed by atoms with E-state index in [9.17, 15) is 0 Å². The van der Waals surface area contributed by atoms with Crippen LogP contribution >= 0.6 is 11.3 Å². The molecular formula is C9H16N2S. The Labute approximate surface area is 78.2 Å². The first-order valence-electron chi connectivity index (χ1n) is 4.18. The first-order chi connectivity index (χ1) is 5.59. The number of thiazole rings is 1. The lowest BCUT2D eigenvalue weighted by atomic mass is 10.2. The molecule has 0 saturated heterocycles. The Morgan fingerprint density at radius 3 is 2.58 bits per heavy atom. The highest BCUT2D eigenvalue weighted by atomic mass is 32.1. The van der Waals surface area contributed by atoms with E-state index in [1.807, 2.05) is 0 Å². The predicted molar refractivity (Wildman–Crippen MR) is 53.6 cm³/mol. The SMILES string of the molecule is CC(C)c1csc(CN(C)C)n1. The van der Waals surface area contributed by atoms with E-state index in [2.05, 4.69) is 43.2 Å². The molecule has 3 heteroatoms. The van der Waals surface area contributed by atoms with Crippen LogP contribution in [-0.2, 0) is 6.54 Å². The molecule has 0 aliphatic rings. The summed E-state index contributed by atoms with van der Waals surface area (Å²) in [5.74, 6) is 0.553. The average molecular weight is 184 g/mol. The molecule has 0 unspecified atom stereocenters. The van der Waals surface area contributed by atoms with Gasteiger partial charge in [0.2, 0.25) is 0 Å². The average Bonchev–Trinajstić information content (AvgIpc) is 2.34. The first-order valence-corrected chi connectivity index (χ1v) is 5.06. The Morgan fingerprint density at radius 1 is 1.50 bits per heavy atom. The standard InChI is InChI=1S/C9H16N2S/c1-7(2)8-6-12-9(10-8)5-11(3)4/h6-7H,5H2,1-4H3. The number of nitrogens with zero attached hydrogens (tertiary/aromatic N) is 2. The normalized spacial score (nSPS) is 11.5. The minimum Gasteiger partial charge on any atom is -0.303 e. The van der Waals surface area contributed by atoms with Crippen LogP contribution in [0.1, 0.15) is 30.5 Å². The van der Waals surface area contributed by atoms with Gasteiger partial charge in [0.15, 0.2) is 0 Å². The molecule has 68 valence electrons. The summed E-state index contributed by atoms with van der Waals surface area (Å²) in [7, 11) is 4.13. The van der Waals surface area contributed by atoms with Crippen LogP contribution in [0.3, 0.4) is 0 Å². The summed E-state index contributed by atoms with van der Waals surface area (Å²) in [6.45, 7) is 5.31. The zero-order valence-corrected chi connectivity index (χ0v) is 8.98. The maximum Gasteiger partial charge on any atom is 0.107 e. The predicted octanol–water partition coefficient (Wildman–Crippen LogP) is 2.33. The third kappa shape index (κ3) is 2.57. The van der Waals surface area contributed by atoms with E-state index in [4.69, 9.17) is 0 Å². The van der Waals surface area contributed by atoms with Gasteiger partial charge in [-0.25, -0.2) is 4.98 Å². The molecule has 2 nitrogen and oxygen atoms in total. The van der Waals surface area contributed by atoms with Gasteiger partial charge in [0, 0.05) is 11.9 Å². The fourth-order valence-corrected chi connectivity index (χ4v) is 2.01. The van der Waals surface area contributed by atoms with Crippen molar-refractivity contribution in [2.45, 2.75) is 26.3 Å². The van der Waals surface area contributed by atoms with Crippen molar-refractivity contribution in [3.05, 3.63) is 16.1 Å². The van der Waals surface area contributed by atoms with Crippen molar-refractivity contribution in [1.82, 2.24) is 9.88 Å². The van der Waals surface area contributed by atoms with Crippen LogP contribution in [0, 0.1) is 0 Å². The molecule has 1 heterocycles. The molecule has 12 heavy (non-hydrogen) atoms. The molecule has 0 spiro atoms. The van der Waals surface area contributed by atoms with Crippen molar-refractivity contribution in [3.63, 3.8) is 0 Å². The molecule has 1 rings (SSSR count). The largest absolute Gasteiger partial charge is 0.303 e. The summed E-state index contributed by atoms with van der Waals surface area (Å²) in [5, 5.41) is 3.37. The lowest BCUT2D eigenvalue weighted by Crippen LogP contribution is -2.10. The highest BCUT2D eigenvalue weighted by Crippen LogP contribution is 2.18. The molecule has 0 radical (unpaired) electrons. The van der Waals surface area contributed by atoms with Gasteiger partial charge in [-0.3, -0.25) is 0 Å². The van der Waals surface area contributed by atoms with Crippen LogP contribution in [0.4, 0.5) is 0 Å². The van der Waals surface area contributed by atoms with Crippen molar-refractivity contribution in [3.8, 4) is 0 Å². The van der Waals surface area contributed by atoms with E-state index in [1.165, 1.54) is 10.7 Å². The Hall–Kier alpha value is -0.410. The molecule has 1 aromatic heterocycles. The van der Waals surface area contributed by atoms with Gasteiger partial charge in [-0.2, -0.15) is 0 Å². The summed E-state index contributed by atoms with van der Waals surface area (Å²) < 4.78 is 0. The molecule has 0 aromatic carbocycles. The molecule has 0 fully saturated rings. The van der Waals surface area contributed by atoms with Crippen molar-refractivity contribution in [2.24, 2.45) is 0 Å². The Bertz CT molecular complexity index is 240. The highest BCUT2D eigenvalue weighted by molar-refractivity contribution is 7.09. The summed E-state index contributed by atoms with van der Waals surface area (Å²) in [6, 6.07) is 0.